The fraction of sp³-hybridized carbons (Fsp3) is 0.636. The largest absolute Gasteiger partial charge is 0.434 e. The van der Waals surface area contributed by atoms with Gasteiger partial charge in [-0.05, 0) is 34.3 Å². The highest BCUT2D eigenvalue weighted by atomic mass is 31.2. The quantitative estimate of drug-likeness (QED) is 0.615. The molecule has 0 atom stereocenters. The first-order valence-corrected chi connectivity index (χ1v) is 10.9. The van der Waals surface area contributed by atoms with Gasteiger partial charge >= 0.3 is 7.67 Å². The summed E-state index contributed by atoms with van der Waals surface area (Å²) in [4.78, 5) is 0. The van der Waals surface area contributed by atoms with Crippen LogP contribution < -0.4 is 9.71 Å². The van der Waals surface area contributed by atoms with Crippen LogP contribution in [0.1, 0.15) is 0 Å². The molecule has 0 aromatic carbocycles. The third-order valence-electron chi connectivity index (χ3n) is 2.65. The SMILES string of the molecule is CN(C)P(=O)(Oc1occc1[Si](C)(C)C)N(C)C. The Morgan fingerprint density at radius 1 is 1.17 bits per heavy atom. The van der Waals surface area contributed by atoms with Crippen LogP contribution in [0.25, 0.3) is 0 Å². The predicted molar refractivity (Wildman–Crippen MR) is 77.3 cm³/mol. The maximum Gasteiger partial charge on any atom is 0.396 e. The Balaban J connectivity index is 3.12. The zero-order valence-corrected chi connectivity index (χ0v) is 14.1. The molecule has 1 aromatic rings. The molecule has 1 heterocycles. The van der Waals surface area contributed by atoms with E-state index in [0.717, 1.165) is 5.19 Å². The summed E-state index contributed by atoms with van der Waals surface area (Å²) in [6.45, 7) is 6.59. The highest BCUT2D eigenvalue weighted by Crippen LogP contribution is 2.50. The van der Waals surface area contributed by atoms with Gasteiger partial charge in [0, 0.05) is 5.19 Å². The summed E-state index contributed by atoms with van der Waals surface area (Å²) in [5.74, 6) is 0.389. The van der Waals surface area contributed by atoms with Crippen LogP contribution >= 0.6 is 7.67 Å². The molecule has 7 heteroatoms. The van der Waals surface area contributed by atoms with Crippen molar-refractivity contribution in [3.63, 3.8) is 0 Å². The van der Waals surface area contributed by atoms with Crippen molar-refractivity contribution in [3.05, 3.63) is 12.3 Å². The molecular formula is C11H23N2O3PSi. The topological polar surface area (TPSA) is 45.9 Å². The van der Waals surface area contributed by atoms with Gasteiger partial charge in [-0.3, -0.25) is 0 Å². The minimum atomic E-state index is -3.05. The first-order valence-electron chi connectivity index (χ1n) is 5.82. The van der Waals surface area contributed by atoms with Crippen molar-refractivity contribution >= 4 is 20.9 Å². The number of nitrogens with zero attached hydrogens (tertiary/aromatic N) is 2. The lowest BCUT2D eigenvalue weighted by Crippen LogP contribution is -2.38. The van der Waals surface area contributed by atoms with Crippen LogP contribution in [0.5, 0.6) is 5.95 Å². The van der Waals surface area contributed by atoms with E-state index in [1.54, 1.807) is 43.8 Å². The van der Waals surface area contributed by atoms with E-state index < -0.39 is 15.7 Å². The fourth-order valence-corrected chi connectivity index (χ4v) is 4.33. The summed E-state index contributed by atoms with van der Waals surface area (Å²) in [5.41, 5.74) is 0. The van der Waals surface area contributed by atoms with Crippen LogP contribution in [0, 0.1) is 0 Å². The average Bonchev–Trinajstić information content (AvgIpc) is 2.64. The molecule has 0 bridgehead atoms. The fourth-order valence-electron chi connectivity index (χ4n) is 1.55. The van der Waals surface area contributed by atoms with E-state index >= 15 is 0 Å². The number of hydrogen-bond acceptors (Lipinski definition) is 3. The second kappa shape index (κ2) is 5.21. The van der Waals surface area contributed by atoms with Crippen molar-refractivity contribution in [1.29, 1.82) is 0 Å². The molecular weight excluding hydrogens is 267 g/mol. The Bertz CT molecular complexity index is 439. The Labute approximate surface area is 110 Å². The van der Waals surface area contributed by atoms with Gasteiger partial charge in [0.1, 0.15) is 0 Å². The zero-order chi connectivity index (χ0) is 14.1. The number of hydrogen-bond donors (Lipinski definition) is 0. The first-order chi connectivity index (χ1) is 8.09. The predicted octanol–water partition coefficient (Wildman–Crippen LogP) is 2.43. The molecule has 0 amide bonds. The van der Waals surface area contributed by atoms with Crippen molar-refractivity contribution in [2.75, 3.05) is 28.2 Å². The van der Waals surface area contributed by atoms with Crippen LogP contribution in [0.4, 0.5) is 0 Å². The van der Waals surface area contributed by atoms with Crippen LogP contribution in [-0.2, 0) is 4.57 Å². The Morgan fingerprint density at radius 2 is 1.67 bits per heavy atom. The monoisotopic (exact) mass is 290 g/mol. The Hall–Kier alpha value is -0.553. The van der Waals surface area contributed by atoms with Gasteiger partial charge in [0.15, 0.2) is 0 Å². The third-order valence-corrected chi connectivity index (χ3v) is 7.06. The van der Waals surface area contributed by atoms with Gasteiger partial charge in [-0.1, -0.05) is 19.6 Å². The molecule has 0 radical (unpaired) electrons. The molecule has 0 saturated carbocycles. The molecule has 0 aliphatic carbocycles. The average molecular weight is 290 g/mol. The lowest BCUT2D eigenvalue weighted by atomic mass is 10.6. The second-order valence-electron chi connectivity index (χ2n) is 5.65. The van der Waals surface area contributed by atoms with Gasteiger partial charge in [-0.15, -0.1) is 0 Å². The third kappa shape index (κ3) is 3.06. The van der Waals surface area contributed by atoms with E-state index in [4.69, 9.17) is 8.94 Å². The zero-order valence-electron chi connectivity index (χ0n) is 12.2. The lowest BCUT2D eigenvalue weighted by molar-refractivity contribution is 0.311. The minimum absolute atomic E-state index is 0.389. The second-order valence-corrected chi connectivity index (χ2v) is 13.5. The normalized spacial score (nSPS) is 13.4. The van der Waals surface area contributed by atoms with E-state index in [9.17, 15) is 4.57 Å². The lowest BCUT2D eigenvalue weighted by Gasteiger charge is -2.29. The summed E-state index contributed by atoms with van der Waals surface area (Å²) < 4.78 is 27.0. The molecule has 18 heavy (non-hydrogen) atoms. The van der Waals surface area contributed by atoms with Crippen LogP contribution in [0.3, 0.4) is 0 Å². The van der Waals surface area contributed by atoms with Crippen molar-refractivity contribution in [1.82, 2.24) is 9.34 Å². The molecule has 5 nitrogen and oxygen atoms in total. The van der Waals surface area contributed by atoms with Crippen molar-refractivity contribution in [2.24, 2.45) is 0 Å². The van der Waals surface area contributed by atoms with Crippen molar-refractivity contribution < 1.29 is 13.5 Å². The number of furan rings is 1. The molecule has 0 aliphatic rings. The molecule has 1 aromatic heterocycles. The summed E-state index contributed by atoms with van der Waals surface area (Å²) in [6.07, 6.45) is 1.60. The maximum absolute atomic E-state index is 12.7. The minimum Gasteiger partial charge on any atom is -0.434 e. The molecule has 0 N–H and O–H groups in total. The van der Waals surface area contributed by atoms with Crippen LogP contribution in [0.2, 0.25) is 19.6 Å². The molecule has 0 fully saturated rings. The highest BCUT2D eigenvalue weighted by molar-refractivity contribution is 7.54. The van der Waals surface area contributed by atoms with E-state index in [1.807, 2.05) is 6.07 Å². The van der Waals surface area contributed by atoms with E-state index in [-0.39, 0.29) is 0 Å². The summed E-state index contributed by atoms with van der Waals surface area (Å²) >= 11 is 0. The molecule has 1 rings (SSSR count). The van der Waals surface area contributed by atoms with Crippen molar-refractivity contribution in [2.45, 2.75) is 19.6 Å². The summed E-state index contributed by atoms with van der Waals surface area (Å²) in [5, 5.41) is 1.05. The summed E-state index contributed by atoms with van der Waals surface area (Å²) in [6, 6.07) is 1.91. The van der Waals surface area contributed by atoms with Gasteiger partial charge < -0.3 is 8.94 Å². The van der Waals surface area contributed by atoms with Crippen LogP contribution in [0.15, 0.2) is 16.7 Å². The van der Waals surface area contributed by atoms with E-state index in [1.165, 1.54) is 0 Å². The number of rotatable bonds is 5. The smallest absolute Gasteiger partial charge is 0.396 e. The Kier molecular flexibility index (Phi) is 4.49. The van der Waals surface area contributed by atoms with Gasteiger partial charge in [0.05, 0.1) is 14.3 Å². The van der Waals surface area contributed by atoms with Gasteiger partial charge in [-0.2, -0.15) is 0 Å². The maximum atomic E-state index is 12.7. The molecule has 0 saturated heterocycles. The highest BCUT2D eigenvalue weighted by Gasteiger charge is 2.35. The summed E-state index contributed by atoms with van der Waals surface area (Å²) in [7, 11) is 2.31. The van der Waals surface area contributed by atoms with Crippen molar-refractivity contribution in [3.8, 4) is 5.95 Å². The van der Waals surface area contributed by atoms with Gasteiger partial charge in [0.25, 0.3) is 5.95 Å². The van der Waals surface area contributed by atoms with Crippen LogP contribution in [-0.4, -0.2) is 45.6 Å². The van der Waals surface area contributed by atoms with Gasteiger partial charge in [-0.25, -0.2) is 13.9 Å². The first kappa shape index (κ1) is 15.5. The Morgan fingerprint density at radius 3 is 2.06 bits per heavy atom. The van der Waals surface area contributed by atoms with E-state index in [2.05, 4.69) is 19.6 Å². The standard InChI is InChI=1S/C11H23N2O3PSi/c1-12(2)17(14,13(3)4)16-11-10(8-9-15-11)18(5,6)7/h8-9H,1-7H3. The van der Waals surface area contributed by atoms with E-state index in [0.29, 0.717) is 5.95 Å². The molecule has 104 valence electrons. The molecule has 0 aliphatic heterocycles. The molecule has 0 spiro atoms. The van der Waals surface area contributed by atoms with Gasteiger partial charge in [0.2, 0.25) is 0 Å². The molecule has 0 unspecified atom stereocenters.